The first kappa shape index (κ1) is 44.0. The number of esters is 2. The van der Waals surface area contributed by atoms with Gasteiger partial charge in [-0.15, -0.1) is 0 Å². The van der Waals surface area contributed by atoms with Gasteiger partial charge in [0.15, 0.2) is 20.0 Å². The predicted molar refractivity (Wildman–Crippen MR) is 198 cm³/mol. The maximum Gasteiger partial charge on any atom is 0.405 e. The zero-order valence-corrected chi connectivity index (χ0v) is 33.9. The van der Waals surface area contributed by atoms with Crippen LogP contribution in [0.1, 0.15) is 101 Å². The molecule has 10 atom stereocenters. The SMILES string of the molecule is CCC(OC(N)=O)C(C)C1OC1CC(C)/C=C/C=C(\C)C1OC(=O)CC(O[Si](C)(C)C(C)(C)C)CCC(C)(OC(N)=O)C(OC(C)=O)/C=C\C1C. The summed E-state index contributed by atoms with van der Waals surface area (Å²) in [7, 11) is -2.34. The lowest BCUT2D eigenvalue weighted by atomic mass is 9.88. The molecule has 51 heavy (non-hydrogen) atoms. The monoisotopic (exact) mass is 736 g/mol. The quantitative estimate of drug-likeness (QED) is 0.0488. The lowest BCUT2D eigenvalue weighted by Crippen LogP contribution is -2.48. The van der Waals surface area contributed by atoms with Gasteiger partial charge >= 0.3 is 24.1 Å². The molecule has 1 fully saturated rings. The predicted octanol–water partition coefficient (Wildman–Crippen LogP) is 7.26. The average Bonchev–Trinajstić information content (AvgIpc) is 3.75. The van der Waals surface area contributed by atoms with E-state index in [0.29, 0.717) is 12.8 Å². The Balaban J connectivity index is 2.35. The summed E-state index contributed by atoms with van der Waals surface area (Å²) in [5.74, 6) is -1.07. The smallest absolute Gasteiger partial charge is 0.405 e. The molecule has 0 aromatic rings. The number of carbonyl (C=O) groups excluding carboxylic acids is 4. The lowest BCUT2D eigenvalue weighted by Gasteiger charge is -2.41. The van der Waals surface area contributed by atoms with Crippen molar-refractivity contribution in [2.75, 3.05) is 0 Å². The molecule has 13 heteroatoms. The van der Waals surface area contributed by atoms with Crippen molar-refractivity contribution in [2.24, 2.45) is 29.2 Å². The molecular formula is C38H64N2O10Si. The first-order valence-electron chi connectivity index (χ1n) is 18.2. The molecule has 0 aromatic carbocycles. The first-order chi connectivity index (χ1) is 23.5. The maximum absolute atomic E-state index is 13.6. The van der Waals surface area contributed by atoms with Crippen LogP contribution in [-0.4, -0.2) is 74.7 Å². The molecule has 2 amide bonds. The molecule has 2 aliphatic rings. The Hall–Kier alpha value is -3.16. The third-order valence-electron chi connectivity index (χ3n) is 10.4. The number of hydrogen-bond acceptors (Lipinski definition) is 10. The molecule has 290 valence electrons. The normalized spacial score (nSPS) is 30.5. The Morgan fingerprint density at radius 1 is 1.12 bits per heavy atom. The van der Waals surface area contributed by atoms with Crippen LogP contribution in [0.4, 0.5) is 9.59 Å². The van der Waals surface area contributed by atoms with E-state index in [-0.39, 0.29) is 53.9 Å². The Kier molecular flexibility index (Phi) is 16.0. The Labute approximate surface area is 306 Å². The minimum absolute atomic E-state index is 0.00109. The van der Waals surface area contributed by atoms with Crippen molar-refractivity contribution in [3.05, 3.63) is 36.0 Å². The Bertz CT molecular complexity index is 1310. The van der Waals surface area contributed by atoms with Crippen LogP contribution < -0.4 is 11.5 Å². The maximum atomic E-state index is 13.6. The highest BCUT2D eigenvalue weighted by Crippen LogP contribution is 2.40. The molecule has 2 rings (SSSR count). The van der Waals surface area contributed by atoms with Gasteiger partial charge in [-0.25, -0.2) is 9.59 Å². The third kappa shape index (κ3) is 13.7. The van der Waals surface area contributed by atoms with Crippen molar-refractivity contribution in [2.45, 2.75) is 162 Å². The number of allylic oxidation sites excluding steroid dienone is 3. The first-order valence-corrected chi connectivity index (χ1v) is 21.1. The van der Waals surface area contributed by atoms with E-state index in [1.165, 1.54) is 6.92 Å². The van der Waals surface area contributed by atoms with Crippen LogP contribution in [0.15, 0.2) is 36.0 Å². The summed E-state index contributed by atoms with van der Waals surface area (Å²) in [6.07, 6.45) is 7.30. The summed E-state index contributed by atoms with van der Waals surface area (Å²) in [5.41, 5.74) is 10.2. The molecule has 2 heterocycles. The standard InChI is InChI=1S/C38H64N2O10Si/c1-13-29(47-35(39)43)26(5)34-30(46-34)21-23(2)15-14-16-24(3)33-25(4)17-18-31(45-27(6)41)38(10,49-36(40)44)20-19-28(22-32(42)48-33)50-51(11,12)37(7,8)9/h14-18,23,25-26,28-31,33-34H,13,19-22H2,1-12H3,(H2,39,43)(H2,40,44)/b15-14+,18-17-,24-16+. The molecule has 4 N–H and O–H groups in total. The van der Waals surface area contributed by atoms with E-state index >= 15 is 0 Å². The molecule has 0 aliphatic carbocycles. The minimum Gasteiger partial charge on any atom is -0.457 e. The van der Waals surface area contributed by atoms with Crippen molar-refractivity contribution >= 4 is 32.4 Å². The summed E-state index contributed by atoms with van der Waals surface area (Å²) in [4.78, 5) is 49.2. The Morgan fingerprint density at radius 2 is 1.76 bits per heavy atom. The number of hydrogen-bond donors (Lipinski definition) is 2. The van der Waals surface area contributed by atoms with Crippen molar-refractivity contribution in [3.63, 3.8) is 0 Å². The number of nitrogens with two attached hydrogens (primary N) is 2. The lowest BCUT2D eigenvalue weighted by molar-refractivity contribution is -0.157. The fourth-order valence-corrected chi connectivity index (χ4v) is 7.70. The van der Waals surface area contributed by atoms with Crippen LogP contribution >= 0.6 is 0 Å². The second kappa shape index (κ2) is 18.5. The van der Waals surface area contributed by atoms with Crippen LogP contribution in [0.2, 0.25) is 18.1 Å². The van der Waals surface area contributed by atoms with Crippen molar-refractivity contribution in [1.82, 2.24) is 0 Å². The fourth-order valence-electron chi connectivity index (χ4n) is 6.31. The largest absolute Gasteiger partial charge is 0.457 e. The van der Waals surface area contributed by atoms with Gasteiger partial charge in [0.05, 0.1) is 24.7 Å². The van der Waals surface area contributed by atoms with Crippen molar-refractivity contribution in [3.8, 4) is 0 Å². The number of rotatable bonds is 13. The van der Waals surface area contributed by atoms with E-state index < -0.39 is 56.4 Å². The van der Waals surface area contributed by atoms with Crippen molar-refractivity contribution < 1.29 is 47.3 Å². The van der Waals surface area contributed by atoms with Crippen LogP contribution in [0.5, 0.6) is 0 Å². The molecule has 0 saturated carbocycles. The van der Waals surface area contributed by atoms with Crippen molar-refractivity contribution in [1.29, 1.82) is 0 Å². The summed E-state index contributed by atoms with van der Waals surface area (Å²) in [5, 5.41) is -0.126. The molecule has 12 nitrogen and oxygen atoms in total. The van der Waals surface area contributed by atoms with E-state index in [0.717, 1.165) is 12.0 Å². The Morgan fingerprint density at radius 3 is 2.31 bits per heavy atom. The zero-order chi connectivity index (χ0) is 38.9. The van der Waals surface area contributed by atoms with E-state index in [2.05, 4.69) is 46.9 Å². The zero-order valence-electron chi connectivity index (χ0n) is 32.9. The average molecular weight is 737 g/mol. The van der Waals surface area contributed by atoms with Gasteiger partial charge in [-0.1, -0.05) is 72.8 Å². The molecule has 2 aliphatic heterocycles. The van der Waals surface area contributed by atoms with Gasteiger partial charge in [-0.2, -0.15) is 0 Å². The highest BCUT2D eigenvalue weighted by Gasteiger charge is 2.46. The highest BCUT2D eigenvalue weighted by molar-refractivity contribution is 6.74. The molecule has 0 spiro atoms. The van der Waals surface area contributed by atoms with Crippen LogP contribution in [-0.2, 0) is 37.7 Å². The third-order valence-corrected chi connectivity index (χ3v) is 15.0. The number of carbonyl (C=O) groups is 4. The number of epoxide rings is 1. The van der Waals surface area contributed by atoms with Gasteiger partial charge in [-0.3, -0.25) is 9.59 Å². The minimum atomic E-state index is -2.34. The molecule has 10 unspecified atom stereocenters. The molecule has 0 bridgehead atoms. The van der Waals surface area contributed by atoms with Gasteiger partial charge in [0, 0.05) is 18.8 Å². The van der Waals surface area contributed by atoms with E-state index in [1.54, 1.807) is 19.1 Å². The second-order valence-electron chi connectivity index (χ2n) is 16.1. The number of amides is 2. The number of ether oxygens (including phenoxy) is 5. The summed E-state index contributed by atoms with van der Waals surface area (Å²) in [6, 6.07) is 0. The summed E-state index contributed by atoms with van der Waals surface area (Å²) in [6.45, 7) is 23.4. The highest BCUT2D eigenvalue weighted by atomic mass is 28.4. The van der Waals surface area contributed by atoms with Crippen LogP contribution in [0, 0.1) is 17.8 Å². The molecule has 0 aromatic heterocycles. The van der Waals surface area contributed by atoms with E-state index in [4.69, 9.17) is 39.6 Å². The number of cyclic esters (lactones) is 1. The van der Waals surface area contributed by atoms with E-state index in [9.17, 15) is 19.2 Å². The van der Waals surface area contributed by atoms with Gasteiger partial charge in [0.1, 0.15) is 12.2 Å². The molecule has 1 saturated heterocycles. The fraction of sp³-hybridized carbons (Fsp3) is 0.737. The van der Waals surface area contributed by atoms with Gasteiger partial charge in [-0.05, 0) is 75.2 Å². The van der Waals surface area contributed by atoms with Gasteiger partial charge < -0.3 is 39.6 Å². The molecular weight excluding hydrogens is 673 g/mol. The van der Waals surface area contributed by atoms with Crippen LogP contribution in [0.3, 0.4) is 0 Å². The number of primary amides is 2. The molecule has 0 radical (unpaired) electrons. The van der Waals surface area contributed by atoms with Crippen LogP contribution in [0.25, 0.3) is 0 Å². The van der Waals surface area contributed by atoms with Gasteiger partial charge in [0.2, 0.25) is 0 Å². The van der Waals surface area contributed by atoms with Gasteiger partial charge in [0.25, 0.3) is 0 Å². The second-order valence-corrected chi connectivity index (χ2v) is 20.8. The van der Waals surface area contributed by atoms with E-state index in [1.807, 2.05) is 39.8 Å². The topological polar surface area (TPSA) is 179 Å². The summed E-state index contributed by atoms with van der Waals surface area (Å²) < 4.78 is 35.4. The summed E-state index contributed by atoms with van der Waals surface area (Å²) >= 11 is 0.